The van der Waals surface area contributed by atoms with Crippen LogP contribution >= 0.6 is 0 Å². The van der Waals surface area contributed by atoms with Gasteiger partial charge in [0.15, 0.2) is 0 Å². The highest BCUT2D eigenvalue weighted by Gasteiger charge is 2.14. The van der Waals surface area contributed by atoms with Gasteiger partial charge in [0.2, 0.25) is 0 Å². The van der Waals surface area contributed by atoms with Gasteiger partial charge in [-0.05, 0) is 25.7 Å². The highest BCUT2D eigenvalue weighted by atomic mass is 15.2. The van der Waals surface area contributed by atoms with E-state index in [4.69, 9.17) is 0 Å². The zero-order valence-corrected chi connectivity index (χ0v) is 10.5. The second-order valence-corrected chi connectivity index (χ2v) is 5.30. The smallest absolute Gasteiger partial charge is 0.0602 e. The first-order valence-electron chi connectivity index (χ1n) is 6.76. The summed E-state index contributed by atoms with van der Waals surface area (Å²) in [6.45, 7) is 6.64. The maximum Gasteiger partial charge on any atom is 0.0602 e. The van der Waals surface area contributed by atoms with Gasteiger partial charge in [-0.1, -0.05) is 18.8 Å². The molecule has 1 aliphatic carbocycles. The second kappa shape index (κ2) is 6.27. The molecule has 0 aromatic heterocycles. The van der Waals surface area contributed by atoms with Crippen LogP contribution in [-0.4, -0.2) is 37.1 Å². The molecule has 1 saturated heterocycles. The van der Waals surface area contributed by atoms with Crippen LogP contribution in [0.2, 0.25) is 0 Å². The highest BCUT2D eigenvalue weighted by Crippen LogP contribution is 2.26. The number of nitrogens with zero attached hydrogens (tertiary/aromatic N) is 1. The maximum atomic E-state index is 3.46. The molecule has 2 rings (SSSR count). The molecular weight excluding hydrogens is 196 g/mol. The summed E-state index contributed by atoms with van der Waals surface area (Å²) in [5.41, 5.74) is 0. The lowest BCUT2D eigenvalue weighted by atomic mass is 10.1. The minimum Gasteiger partial charge on any atom is -0.312 e. The Labute approximate surface area is 99.8 Å². The quantitative estimate of drug-likeness (QED) is 0.715. The largest absolute Gasteiger partial charge is 0.312 e. The molecule has 0 aromatic rings. The third kappa shape index (κ3) is 3.81. The van der Waals surface area contributed by atoms with Gasteiger partial charge in [-0.2, -0.15) is 0 Å². The summed E-state index contributed by atoms with van der Waals surface area (Å²) < 4.78 is 0. The van der Waals surface area contributed by atoms with E-state index in [-0.39, 0.29) is 0 Å². The number of nitrogens with one attached hydrogen (secondary N) is 1. The monoisotopic (exact) mass is 220 g/mol. The predicted octanol–water partition coefficient (Wildman–Crippen LogP) is 1.86. The topological polar surface area (TPSA) is 15.3 Å². The third-order valence-electron chi connectivity index (χ3n) is 3.75. The maximum absolute atomic E-state index is 3.46. The van der Waals surface area contributed by atoms with Crippen molar-refractivity contribution in [1.29, 1.82) is 0 Å². The van der Waals surface area contributed by atoms with E-state index in [2.05, 4.69) is 29.0 Å². The van der Waals surface area contributed by atoms with Crippen molar-refractivity contribution in [2.24, 2.45) is 5.92 Å². The second-order valence-electron chi connectivity index (χ2n) is 5.30. The van der Waals surface area contributed by atoms with Gasteiger partial charge in [-0.15, -0.1) is 5.92 Å². The van der Waals surface area contributed by atoms with Gasteiger partial charge < -0.3 is 5.32 Å². The summed E-state index contributed by atoms with van der Waals surface area (Å²) in [5.74, 6) is 7.64. The molecule has 0 amide bonds. The Kier molecular flexibility index (Phi) is 4.69. The number of hydrogen-bond acceptors (Lipinski definition) is 2. The normalized spacial score (nSPS) is 27.7. The van der Waals surface area contributed by atoms with Crippen LogP contribution in [0.4, 0.5) is 0 Å². The molecule has 2 nitrogen and oxygen atoms in total. The molecule has 0 aromatic carbocycles. The van der Waals surface area contributed by atoms with Crippen LogP contribution in [0, 0.1) is 17.8 Å². The minimum atomic E-state index is 0.630. The molecular formula is C14H24N2. The molecule has 90 valence electrons. The Bertz CT molecular complexity index is 258. The van der Waals surface area contributed by atoms with E-state index in [9.17, 15) is 0 Å². The van der Waals surface area contributed by atoms with E-state index in [0.29, 0.717) is 6.04 Å². The predicted molar refractivity (Wildman–Crippen MR) is 68.3 cm³/mol. The van der Waals surface area contributed by atoms with E-state index in [0.717, 1.165) is 38.5 Å². The first kappa shape index (κ1) is 12.0. The molecule has 1 aliphatic heterocycles. The summed E-state index contributed by atoms with van der Waals surface area (Å²) in [7, 11) is 0. The standard InChI is InChI=1S/C14H24N2/c1-13-12-16(11-9-15-13)10-5-4-8-14-6-2-3-7-14/h13-15H,2-3,6-12H2,1H3. The molecule has 1 heterocycles. The van der Waals surface area contributed by atoms with Crippen molar-refractivity contribution < 1.29 is 0 Å². The van der Waals surface area contributed by atoms with E-state index < -0.39 is 0 Å². The van der Waals surface area contributed by atoms with Crippen LogP contribution in [0.15, 0.2) is 0 Å². The molecule has 0 radical (unpaired) electrons. The summed E-state index contributed by atoms with van der Waals surface area (Å²) in [4.78, 5) is 2.46. The lowest BCUT2D eigenvalue weighted by Crippen LogP contribution is -2.49. The number of hydrogen-bond donors (Lipinski definition) is 1. The first-order valence-corrected chi connectivity index (χ1v) is 6.76. The van der Waals surface area contributed by atoms with Crippen molar-refractivity contribution in [1.82, 2.24) is 10.2 Å². The fraction of sp³-hybridized carbons (Fsp3) is 0.857. The molecule has 2 heteroatoms. The van der Waals surface area contributed by atoms with Crippen molar-refractivity contribution in [2.45, 2.75) is 45.1 Å². The first-order chi connectivity index (χ1) is 7.84. The molecule has 1 atom stereocenters. The SMILES string of the molecule is CC1CN(CC#CCC2CCCC2)CCN1. The molecule has 1 saturated carbocycles. The summed E-state index contributed by atoms with van der Waals surface area (Å²) in [5, 5.41) is 3.46. The van der Waals surface area contributed by atoms with Crippen LogP contribution in [0.25, 0.3) is 0 Å². The zero-order chi connectivity index (χ0) is 11.2. The summed E-state index contributed by atoms with van der Waals surface area (Å²) in [6, 6.07) is 0.630. The Hall–Kier alpha value is -0.520. The Morgan fingerprint density at radius 1 is 1.25 bits per heavy atom. The van der Waals surface area contributed by atoms with Crippen molar-refractivity contribution in [3.8, 4) is 11.8 Å². The molecule has 0 bridgehead atoms. The third-order valence-corrected chi connectivity index (χ3v) is 3.75. The average molecular weight is 220 g/mol. The average Bonchev–Trinajstić information content (AvgIpc) is 2.77. The molecule has 1 unspecified atom stereocenters. The van der Waals surface area contributed by atoms with Crippen molar-refractivity contribution in [2.75, 3.05) is 26.2 Å². The van der Waals surface area contributed by atoms with E-state index in [1.165, 1.54) is 25.7 Å². The van der Waals surface area contributed by atoms with Gasteiger partial charge in [-0.25, -0.2) is 0 Å². The van der Waals surface area contributed by atoms with Crippen molar-refractivity contribution in [3.05, 3.63) is 0 Å². The molecule has 1 N–H and O–H groups in total. The van der Waals surface area contributed by atoms with Gasteiger partial charge in [-0.3, -0.25) is 4.90 Å². The van der Waals surface area contributed by atoms with Crippen LogP contribution in [0.5, 0.6) is 0 Å². The van der Waals surface area contributed by atoms with E-state index in [1.807, 2.05) is 0 Å². The van der Waals surface area contributed by atoms with Crippen molar-refractivity contribution in [3.63, 3.8) is 0 Å². The van der Waals surface area contributed by atoms with Crippen molar-refractivity contribution >= 4 is 0 Å². The van der Waals surface area contributed by atoms with Crippen LogP contribution < -0.4 is 5.32 Å². The Balaban J connectivity index is 1.64. The summed E-state index contributed by atoms with van der Waals surface area (Å²) >= 11 is 0. The van der Waals surface area contributed by atoms with Crippen LogP contribution in [0.3, 0.4) is 0 Å². The molecule has 2 fully saturated rings. The molecule has 16 heavy (non-hydrogen) atoms. The lowest BCUT2D eigenvalue weighted by molar-refractivity contribution is 0.229. The lowest BCUT2D eigenvalue weighted by Gasteiger charge is -2.30. The highest BCUT2D eigenvalue weighted by molar-refractivity contribution is 5.03. The number of rotatable bonds is 2. The fourth-order valence-corrected chi connectivity index (χ4v) is 2.75. The van der Waals surface area contributed by atoms with Gasteiger partial charge >= 0.3 is 0 Å². The molecule has 0 spiro atoms. The van der Waals surface area contributed by atoms with Crippen LogP contribution in [-0.2, 0) is 0 Å². The Morgan fingerprint density at radius 3 is 2.81 bits per heavy atom. The fourth-order valence-electron chi connectivity index (χ4n) is 2.75. The summed E-state index contributed by atoms with van der Waals surface area (Å²) in [6.07, 6.45) is 6.84. The van der Waals surface area contributed by atoms with Gasteiger partial charge in [0.05, 0.1) is 6.54 Å². The molecule has 2 aliphatic rings. The Morgan fingerprint density at radius 2 is 2.06 bits per heavy atom. The zero-order valence-electron chi connectivity index (χ0n) is 10.5. The van der Waals surface area contributed by atoms with Gasteiger partial charge in [0.1, 0.15) is 0 Å². The van der Waals surface area contributed by atoms with E-state index in [1.54, 1.807) is 0 Å². The number of piperazine rings is 1. The van der Waals surface area contributed by atoms with Gasteiger partial charge in [0.25, 0.3) is 0 Å². The van der Waals surface area contributed by atoms with E-state index >= 15 is 0 Å². The van der Waals surface area contributed by atoms with Gasteiger partial charge in [0, 0.05) is 32.1 Å². The minimum absolute atomic E-state index is 0.630. The van der Waals surface area contributed by atoms with Crippen LogP contribution in [0.1, 0.15) is 39.0 Å².